The van der Waals surface area contributed by atoms with Crippen LogP contribution in [0.5, 0.6) is 0 Å². The molecule has 1 aromatic heterocycles. The van der Waals surface area contributed by atoms with E-state index in [1.807, 2.05) is 23.1 Å². The molecule has 0 N–H and O–H groups in total. The summed E-state index contributed by atoms with van der Waals surface area (Å²) in [6.45, 7) is 5.20. The number of nitrogens with zero attached hydrogens (tertiary/aromatic N) is 3. The Morgan fingerprint density at radius 3 is 2.57 bits per heavy atom. The first kappa shape index (κ1) is 20.8. The molecular formula is C24H24ClF2N3. The van der Waals surface area contributed by atoms with E-state index in [4.69, 9.17) is 11.6 Å². The molecule has 6 heteroatoms. The third-order valence-electron chi connectivity index (χ3n) is 5.99. The Labute approximate surface area is 180 Å². The van der Waals surface area contributed by atoms with Gasteiger partial charge in [-0.1, -0.05) is 48.0 Å². The van der Waals surface area contributed by atoms with Crippen LogP contribution in [0.1, 0.15) is 31.9 Å². The smallest absolute Gasteiger partial charge is 0.214 e. The number of pyridine rings is 1. The summed E-state index contributed by atoms with van der Waals surface area (Å²) in [6, 6.07) is 19.5. The van der Waals surface area contributed by atoms with Crippen LogP contribution < -0.4 is 4.90 Å². The highest BCUT2D eigenvalue weighted by molar-refractivity contribution is 6.33. The van der Waals surface area contributed by atoms with E-state index in [0.717, 1.165) is 13.0 Å². The number of benzene rings is 2. The van der Waals surface area contributed by atoms with E-state index < -0.39 is 11.8 Å². The molecule has 1 aliphatic rings. The van der Waals surface area contributed by atoms with Crippen LogP contribution in [-0.2, 0) is 0 Å². The molecule has 2 aromatic carbocycles. The van der Waals surface area contributed by atoms with Crippen molar-refractivity contribution >= 4 is 23.1 Å². The molecule has 1 unspecified atom stereocenters. The molecular weight excluding hydrogens is 404 g/mol. The summed E-state index contributed by atoms with van der Waals surface area (Å²) >= 11 is 6.46. The van der Waals surface area contributed by atoms with Crippen LogP contribution in [0.25, 0.3) is 0 Å². The first-order valence-electron chi connectivity index (χ1n) is 10.1. The van der Waals surface area contributed by atoms with Crippen LogP contribution in [0, 0.1) is 11.8 Å². The number of aromatic nitrogens is 1. The van der Waals surface area contributed by atoms with Gasteiger partial charge in [-0.25, -0.2) is 9.37 Å². The van der Waals surface area contributed by atoms with Gasteiger partial charge in [0.05, 0.1) is 16.8 Å². The largest absolute Gasteiger partial charge is 0.320 e. The number of halogens is 3. The molecule has 0 spiro atoms. The van der Waals surface area contributed by atoms with Gasteiger partial charge in [0.15, 0.2) is 0 Å². The van der Waals surface area contributed by atoms with Crippen LogP contribution in [0.4, 0.5) is 20.3 Å². The second kappa shape index (κ2) is 8.70. The Bertz CT molecular complexity index is 1010. The van der Waals surface area contributed by atoms with Gasteiger partial charge in [-0.2, -0.15) is 4.39 Å². The van der Waals surface area contributed by atoms with Gasteiger partial charge in [0.1, 0.15) is 11.6 Å². The molecule has 3 atom stereocenters. The van der Waals surface area contributed by atoms with Gasteiger partial charge in [0.2, 0.25) is 5.95 Å². The second-order valence-corrected chi connectivity index (χ2v) is 8.11. The minimum Gasteiger partial charge on any atom is -0.320 e. The lowest BCUT2D eigenvalue weighted by atomic mass is 10.0. The molecule has 4 rings (SSSR count). The van der Waals surface area contributed by atoms with Crippen molar-refractivity contribution in [3.63, 3.8) is 0 Å². The maximum atomic E-state index is 14.1. The van der Waals surface area contributed by atoms with Crippen molar-refractivity contribution in [3.05, 3.63) is 89.1 Å². The standard InChI is InChI=1S/C24H24ClF2N3/c1-16(18-7-4-3-5-8-18)29-14-13-21(17(29)2)30(24-10-6-9-23(27)28-24)22-15-19(26)11-12-20(22)25/h3-12,15-17,21H,13-14H2,1-2H3/t16-,17+,21?/m1/s1. The van der Waals surface area contributed by atoms with E-state index >= 15 is 0 Å². The highest BCUT2D eigenvalue weighted by Gasteiger charge is 2.39. The number of rotatable bonds is 5. The molecule has 0 aliphatic carbocycles. The van der Waals surface area contributed by atoms with E-state index in [0.29, 0.717) is 16.5 Å². The average Bonchev–Trinajstić information content (AvgIpc) is 3.12. The summed E-state index contributed by atoms with van der Waals surface area (Å²) in [7, 11) is 0. The molecule has 1 fully saturated rings. The zero-order valence-corrected chi connectivity index (χ0v) is 17.7. The minimum atomic E-state index is -0.579. The Morgan fingerprint density at radius 1 is 1.07 bits per heavy atom. The van der Waals surface area contributed by atoms with E-state index in [1.165, 1.54) is 29.8 Å². The predicted octanol–water partition coefficient (Wildman–Crippen LogP) is 6.38. The monoisotopic (exact) mass is 427 g/mol. The maximum absolute atomic E-state index is 14.1. The van der Waals surface area contributed by atoms with Crippen molar-refractivity contribution < 1.29 is 8.78 Å². The van der Waals surface area contributed by atoms with Crippen LogP contribution in [-0.4, -0.2) is 28.5 Å². The molecule has 30 heavy (non-hydrogen) atoms. The predicted molar refractivity (Wildman–Crippen MR) is 117 cm³/mol. The number of hydrogen-bond donors (Lipinski definition) is 0. The summed E-state index contributed by atoms with van der Waals surface area (Å²) in [5, 5.41) is 0.407. The summed E-state index contributed by atoms with van der Waals surface area (Å²) in [5.41, 5.74) is 1.74. The third kappa shape index (κ3) is 4.05. The first-order chi connectivity index (χ1) is 14.5. The maximum Gasteiger partial charge on any atom is 0.214 e. The normalized spacial score (nSPS) is 20.3. The van der Waals surface area contributed by atoms with Crippen molar-refractivity contribution in [1.29, 1.82) is 0 Å². The van der Waals surface area contributed by atoms with E-state index in [2.05, 4.69) is 35.9 Å². The van der Waals surface area contributed by atoms with E-state index in [-0.39, 0.29) is 18.1 Å². The fraction of sp³-hybridized carbons (Fsp3) is 0.292. The van der Waals surface area contributed by atoms with Gasteiger partial charge in [0.25, 0.3) is 0 Å². The van der Waals surface area contributed by atoms with Crippen LogP contribution in [0.3, 0.4) is 0 Å². The lowest BCUT2D eigenvalue weighted by molar-refractivity contribution is 0.198. The second-order valence-electron chi connectivity index (χ2n) is 7.71. The summed E-state index contributed by atoms with van der Waals surface area (Å²) < 4.78 is 28.1. The molecule has 1 saturated heterocycles. The van der Waals surface area contributed by atoms with Gasteiger partial charge in [0, 0.05) is 18.6 Å². The Balaban J connectivity index is 1.72. The van der Waals surface area contributed by atoms with Crippen molar-refractivity contribution in [1.82, 2.24) is 9.88 Å². The molecule has 156 valence electrons. The first-order valence-corrected chi connectivity index (χ1v) is 10.5. The van der Waals surface area contributed by atoms with E-state index in [9.17, 15) is 8.78 Å². The molecule has 3 nitrogen and oxygen atoms in total. The molecule has 1 aliphatic heterocycles. The Kier molecular flexibility index (Phi) is 6.02. The quantitative estimate of drug-likeness (QED) is 0.440. The molecule has 0 bridgehead atoms. The lowest BCUT2D eigenvalue weighted by Gasteiger charge is -2.37. The fourth-order valence-electron chi connectivity index (χ4n) is 4.44. The molecule has 0 radical (unpaired) electrons. The number of anilines is 2. The van der Waals surface area contributed by atoms with Gasteiger partial charge >= 0.3 is 0 Å². The van der Waals surface area contributed by atoms with Crippen LogP contribution in [0.15, 0.2) is 66.7 Å². The summed E-state index contributed by atoms with van der Waals surface area (Å²) in [6.07, 6.45) is 0.823. The Morgan fingerprint density at radius 2 is 1.83 bits per heavy atom. The average molecular weight is 428 g/mol. The highest BCUT2D eigenvalue weighted by Crippen LogP contribution is 2.40. The van der Waals surface area contributed by atoms with Crippen LogP contribution >= 0.6 is 11.6 Å². The number of likely N-dealkylation sites (tertiary alicyclic amines) is 1. The number of hydrogen-bond acceptors (Lipinski definition) is 3. The zero-order valence-electron chi connectivity index (χ0n) is 17.0. The SMILES string of the molecule is C[C@H](c1ccccc1)N1CCC(N(c2cccc(F)n2)c2cc(F)ccc2Cl)[C@@H]1C. The van der Waals surface area contributed by atoms with E-state index in [1.54, 1.807) is 12.1 Å². The topological polar surface area (TPSA) is 19.4 Å². The van der Waals surface area contributed by atoms with Crippen molar-refractivity contribution in [2.24, 2.45) is 0 Å². The van der Waals surface area contributed by atoms with Gasteiger partial charge in [-0.3, -0.25) is 4.90 Å². The molecule has 0 saturated carbocycles. The van der Waals surface area contributed by atoms with Crippen molar-refractivity contribution in [3.8, 4) is 0 Å². The fourth-order valence-corrected chi connectivity index (χ4v) is 4.64. The molecule has 2 heterocycles. The zero-order chi connectivity index (χ0) is 21.3. The minimum absolute atomic E-state index is 0.0373. The third-order valence-corrected chi connectivity index (χ3v) is 6.31. The highest BCUT2D eigenvalue weighted by atomic mass is 35.5. The molecule has 3 aromatic rings. The van der Waals surface area contributed by atoms with Crippen molar-refractivity contribution in [2.75, 3.05) is 11.4 Å². The summed E-state index contributed by atoms with van der Waals surface area (Å²) in [5.74, 6) is -0.547. The van der Waals surface area contributed by atoms with Crippen LogP contribution in [0.2, 0.25) is 5.02 Å². The van der Waals surface area contributed by atoms with Crippen molar-refractivity contribution in [2.45, 2.75) is 38.4 Å². The Hall–Kier alpha value is -2.50. The summed E-state index contributed by atoms with van der Waals surface area (Å²) in [4.78, 5) is 8.39. The molecule has 0 amide bonds. The van der Waals surface area contributed by atoms with Gasteiger partial charge in [-0.05, 0) is 56.2 Å². The van der Waals surface area contributed by atoms with Gasteiger partial charge < -0.3 is 4.90 Å². The van der Waals surface area contributed by atoms with Gasteiger partial charge in [-0.15, -0.1) is 0 Å². The lowest BCUT2D eigenvalue weighted by Crippen LogP contribution is -2.42.